The topological polar surface area (TPSA) is 0 Å². The summed E-state index contributed by atoms with van der Waals surface area (Å²) in [5.74, 6) is 21.0. The zero-order valence-electron chi connectivity index (χ0n) is 46.2. The highest BCUT2D eigenvalue weighted by molar-refractivity contribution is 5.17. The molecule has 0 aromatic carbocycles. The van der Waals surface area contributed by atoms with Crippen molar-refractivity contribution < 1.29 is 0 Å². The smallest absolute Gasteiger partial charge is 0.0200 e. The number of fused-ring (bicyclic) bond motifs is 3. The molecule has 12 fully saturated rings. The van der Waals surface area contributed by atoms with Crippen LogP contribution in [0.5, 0.6) is 0 Å². The van der Waals surface area contributed by atoms with Crippen LogP contribution in [0.25, 0.3) is 0 Å². The molecule has 0 aromatic heterocycles. The van der Waals surface area contributed by atoms with Crippen LogP contribution in [-0.2, 0) is 0 Å². The molecule has 12 saturated carbocycles. The first kappa shape index (κ1) is 50.3. The average molecular weight is 956 g/mol. The molecule has 394 valence electrons. The Balaban J connectivity index is 0.677. The van der Waals surface area contributed by atoms with Gasteiger partial charge in [0.05, 0.1) is 0 Å². The monoisotopic (exact) mass is 955 g/mol. The van der Waals surface area contributed by atoms with Crippen LogP contribution in [0.2, 0.25) is 0 Å². The molecule has 0 amide bonds. The molecule has 12 aliphatic carbocycles. The van der Waals surface area contributed by atoms with Crippen LogP contribution >= 0.6 is 0 Å². The maximum atomic E-state index is 3.01. The Morgan fingerprint density at radius 1 is 0.171 bits per heavy atom. The average Bonchev–Trinajstić information content (AvgIpc) is 3.44. The van der Waals surface area contributed by atoms with Crippen molar-refractivity contribution in [2.75, 3.05) is 0 Å². The van der Waals surface area contributed by atoms with Gasteiger partial charge in [-0.1, -0.05) is 139 Å². The van der Waals surface area contributed by atoms with Gasteiger partial charge < -0.3 is 0 Å². The zero-order valence-corrected chi connectivity index (χ0v) is 46.2. The predicted octanol–water partition coefficient (Wildman–Crippen LogP) is 21.3. The molecule has 0 spiro atoms. The summed E-state index contributed by atoms with van der Waals surface area (Å²) in [5.41, 5.74) is 4.04. The highest BCUT2D eigenvalue weighted by atomic mass is 14.6. The highest BCUT2D eigenvalue weighted by Crippen LogP contribution is 2.63. The lowest BCUT2D eigenvalue weighted by atomic mass is 9.47. The molecule has 12 unspecified atom stereocenters. The molecule has 0 aromatic rings. The van der Waals surface area contributed by atoms with E-state index in [1.807, 2.05) is 11.1 Å². The van der Waals surface area contributed by atoms with Gasteiger partial charge in [-0.05, 0) is 298 Å². The summed E-state index contributed by atoms with van der Waals surface area (Å²) >= 11 is 0. The number of allylic oxidation sites excluding steroid dienone is 4. The van der Waals surface area contributed by atoms with Gasteiger partial charge in [0, 0.05) is 0 Å². The zero-order chi connectivity index (χ0) is 46.6. The first-order chi connectivity index (χ1) is 34.7. The van der Waals surface area contributed by atoms with E-state index in [2.05, 4.69) is 12.2 Å². The molecule has 12 rings (SSSR count). The summed E-state index contributed by atoms with van der Waals surface area (Å²) in [4.78, 5) is 0. The maximum absolute atomic E-state index is 3.01. The molecule has 0 saturated heterocycles. The van der Waals surface area contributed by atoms with Crippen molar-refractivity contribution in [2.24, 2.45) is 118 Å². The van der Waals surface area contributed by atoms with Crippen LogP contribution in [0.1, 0.15) is 295 Å². The molecule has 70 heavy (non-hydrogen) atoms. The lowest BCUT2D eigenvalue weighted by Gasteiger charge is -2.58. The third-order valence-electron chi connectivity index (χ3n) is 26.5. The van der Waals surface area contributed by atoms with Gasteiger partial charge in [0.1, 0.15) is 0 Å². The first-order valence-electron chi connectivity index (χ1n) is 34.2. The van der Waals surface area contributed by atoms with E-state index in [0.29, 0.717) is 0 Å². The summed E-state index contributed by atoms with van der Waals surface area (Å²) in [6.45, 7) is 0. The summed E-state index contributed by atoms with van der Waals surface area (Å²) in [5, 5.41) is 0. The van der Waals surface area contributed by atoms with Crippen molar-refractivity contribution in [3.05, 3.63) is 23.3 Å². The van der Waals surface area contributed by atoms with E-state index in [-0.39, 0.29) is 0 Å². The first-order valence-corrected chi connectivity index (χ1v) is 34.2. The molecule has 0 heterocycles. The summed E-state index contributed by atoms with van der Waals surface area (Å²) < 4.78 is 0. The van der Waals surface area contributed by atoms with Crippen molar-refractivity contribution in [1.29, 1.82) is 0 Å². The van der Waals surface area contributed by atoms with Crippen LogP contribution in [0.4, 0.5) is 0 Å². The third-order valence-corrected chi connectivity index (χ3v) is 26.5. The van der Waals surface area contributed by atoms with E-state index < -0.39 is 0 Å². The summed E-state index contributed by atoms with van der Waals surface area (Å²) in [6.07, 6.45) is 77.9. The van der Waals surface area contributed by atoms with Gasteiger partial charge >= 0.3 is 0 Å². The molecular weight excluding hydrogens is 841 g/mol. The summed E-state index contributed by atoms with van der Waals surface area (Å²) in [7, 11) is 0. The van der Waals surface area contributed by atoms with Gasteiger partial charge in [0.2, 0.25) is 0 Å². The largest absolute Gasteiger partial charge is 0.0817 e. The summed E-state index contributed by atoms with van der Waals surface area (Å²) in [6, 6.07) is 0. The second-order valence-electron chi connectivity index (χ2n) is 29.6. The Hall–Kier alpha value is -0.520. The van der Waals surface area contributed by atoms with Crippen LogP contribution in [-0.4, -0.2) is 0 Å². The minimum atomic E-state index is 0.920. The lowest BCUT2D eigenvalue weighted by molar-refractivity contribution is -0.0914. The second kappa shape index (κ2) is 24.2. The Labute approximate surface area is 434 Å². The normalized spacial score (nSPS) is 44.3. The molecule has 0 heteroatoms. The minimum Gasteiger partial charge on any atom is -0.0817 e. The van der Waals surface area contributed by atoms with Gasteiger partial charge in [0.25, 0.3) is 0 Å². The van der Waals surface area contributed by atoms with Crippen LogP contribution in [0, 0.1) is 118 Å². The highest BCUT2D eigenvalue weighted by Gasteiger charge is 2.54. The molecule has 0 bridgehead atoms. The molecule has 0 N–H and O–H groups in total. The molecule has 12 atom stereocenters. The van der Waals surface area contributed by atoms with Gasteiger partial charge in [-0.15, -0.1) is 0 Å². The molecule has 12 aliphatic rings. The lowest BCUT2D eigenvalue weighted by Crippen LogP contribution is -2.50. The minimum absolute atomic E-state index is 0.920. The molecule has 0 nitrogen and oxygen atoms in total. The van der Waals surface area contributed by atoms with Gasteiger partial charge in [-0.2, -0.15) is 0 Å². The van der Waals surface area contributed by atoms with Crippen LogP contribution in [0.15, 0.2) is 23.3 Å². The van der Waals surface area contributed by atoms with Crippen molar-refractivity contribution in [2.45, 2.75) is 295 Å². The quantitative estimate of drug-likeness (QED) is 0.191. The fourth-order valence-corrected chi connectivity index (χ4v) is 23.5. The Kier molecular flexibility index (Phi) is 17.4. The van der Waals surface area contributed by atoms with E-state index in [0.717, 1.165) is 118 Å². The standard InChI is InChI=1S/C70H114/c1-5-19-51(20-6-1)69(52-21-7-2-8-22-52)47-49-33-37-55(38-34-49)57-41-43-65(61-29-15-13-27-59(57)61)67-45-46-68(64-32-18-17-31-63(64)67)66-44-42-58(60-28-14-16-30-62(60)66)56-39-35-50(36-40-56)48-70(53-23-9-3-10-24-53)54-25-11-4-12-26-54/h47-68H,1-46H2. The molecule has 0 radical (unpaired) electrons. The van der Waals surface area contributed by atoms with Gasteiger partial charge in [0.15, 0.2) is 0 Å². The molecular formula is C70H114. The van der Waals surface area contributed by atoms with Crippen LogP contribution < -0.4 is 0 Å². The third kappa shape index (κ3) is 11.2. The van der Waals surface area contributed by atoms with E-state index in [1.54, 1.807) is 167 Å². The maximum Gasteiger partial charge on any atom is -0.0200 e. The Morgan fingerprint density at radius 3 is 0.629 bits per heavy atom. The number of rotatable bonds is 10. The van der Waals surface area contributed by atoms with E-state index in [9.17, 15) is 0 Å². The second-order valence-corrected chi connectivity index (χ2v) is 29.6. The van der Waals surface area contributed by atoms with Crippen molar-refractivity contribution in [1.82, 2.24) is 0 Å². The Morgan fingerprint density at radius 2 is 0.371 bits per heavy atom. The number of hydrogen-bond acceptors (Lipinski definition) is 0. The SMILES string of the molecule is C(=C(C1CCCCC1)C1CCCCC1)C1CCC(C2CCC(C3CCC(C4CCC(C5CCC(C=C(C6CCCCC6)C6CCCCC6)CC5)C5CCCCC54)C4CCCCC34)C3CCCCC23)CC1. The van der Waals surface area contributed by atoms with Gasteiger partial charge in [-0.25, -0.2) is 0 Å². The van der Waals surface area contributed by atoms with Crippen LogP contribution in [0.3, 0.4) is 0 Å². The van der Waals surface area contributed by atoms with Gasteiger partial charge in [-0.3, -0.25) is 0 Å². The molecule has 0 aliphatic heterocycles. The van der Waals surface area contributed by atoms with E-state index in [1.165, 1.54) is 128 Å². The van der Waals surface area contributed by atoms with Crippen molar-refractivity contribution in [3.63, 3.8) is 0 Å². The number of hydrogen-bond donors (Lipinski definition) is 0. The van der Waals surface area contributed by atoms with Crippen molar-refractivity contribution in [3.8, 4) is 0 Å². The Bertz CT molecular complexity index is 1480. The van der Waals surface area contributed by atoms with Crippen molar-refractivity contribution >= 4 is 0 Å². The van der Waals surface area contributed by atoms with E-state index in [4.69, 9.17) is 0 Å². The fraction of sp³-hybridized carbons (Fsp3) is 0.943. The fourth-order valence-electron chi connectivity index (χ4n) is 23.5. The van der Waals surface area contributed by atoms with E-state index >= 15 is 0 Å². The predicted molar refractivity (Wildman–Crippen MR) is 298 cm³/mol.